The molecule has 3 heterocycles. The molecule has 7 nitrogen and oxygen atoms in total. The fraction of sp³-hybridized carbons (Fsp3) is 0.391. The Hall–Kier alpha value is -3.06. The molecule has 7 heteroatoms. The van der Waals surface area contributed by atoms with E-state index in [1.54, 1.807) is 0 Å². The third-order valence-electron chi connectivity index (χ3n) is 6.16. The molecule has 30 heavy (non-hydrogen) atoms. The Kier molecular flexibility index (Phi) is 5.04. The number of fused-ring (bicyclic) bond motifs is 2. The van der Waals surface area contributed by atoms with Crippen LogP contribution in [0.1, 0.15) is 5.56 Å². The molecule has 1 fully saturated rings. The largest absolute Gasteiger partial charge is 0.485 e. The van der Waals surface area contributed by atoms with Crippen LogP contribution in [0.2, 0.25) is 0 Å². The smallest absolute Gasteiger partial charge is 0.282 e. The summed E-state index contributed by atoms with van der Waals surface area (Å²) in [5, 5.41) is 0. The minimum Gasteiger partial charge on any atom is -0.485 e. The molecule has 0 aliphatic carbocycles. The summed E-state index contributed by atoms with van der Waals surface area (Å²) in [5.74, 6) is 1.42. The van der Waals surface area contributed by atoms with E-state index in [1.165, 1.54) is 10.5 Å². The Bertz CT molecular complexity index is 955. The molecule has 2 amide bonds. The maximum atomic E-state index is 12.9. The van der Waals surface area contributed by atoms with Crippen molar-refractivity contribution in [3.63, 3.8) is 0 Å². The molecule has 2 aromatic carbocycles. The Morgan fingerprint density at radius 3 is 2.53 bits per heavy atom. The molecule has 2 aromatic rings. The number of nitrogens with one attached hydrogen (secondary N) is 1. The molecule has 5 rings (SSSR count). The van der Waals surface area contributed by atoms with Gasteiger partial charge in [-0.2, -0.15) is 0 Å². The van der Waals surface area contributed by atoms with Crippen molar-refractivity contribution < 1.29 is 24.0 Å². The maximum absolute atomic E-state index is 12.9. The van der Waals surface area contributed by atoms with Gasteiger partial charge in [-0.1, -0.05) is 30.3 Å². The number of ether oxygens (including phenoxy) is 2. The normalized spacial score (nSPS) is 20.7. The van der Waals surface area contributed by atoms with Gasteiger partial charge < -0.3 is 24.2 Å². The summed E-state index contributed by atoms with van der Waals surface area (Å²) < 4.78 is 11.5. The lowest BCUT2D eigenvalue weighted by atomic mass is 10.2. The highest BCUT2D eigenvalue weighted by atomic mass is 16.6. The molecule has 1 N–H and O–H groups in total. The first-order chi connectivity index (χ1) is 14.7. The third-order valence-corrected chi connectivity index (χ3v) is 6.16. The predicted octanol–water partition coefficient (Wildman–Crippen LogP) is 0.143. The fourth-order valence-corrected chi connectivity index (χ4v) is 4.47. The summed E-state index contributed by atoms with van der Waals surface area (Å²) in [5.41, 5.74) is 2.29. The van der Waals surface area contributed by atoms with Crippen LogP contribution in [0.5, 0.6) is 11.5 Å². The fourth-order valence-electron chi connectivity index (χ4n) is 4.47. The van der Waals surface area contributed by atoms with Gasteiger partial charge >= 0.3 is 0 Å². The van der Waals surface area contributed by atoms with E-state index in [0.29, 0.717) is 31.1 Å². The van der Waals surface area contributed by atoms with Gasteiger partial charge in [0.25, 0.3) is 11.8 Å². The molecule has 3 aliphatic heterocycles. The second-order valence-electron chi connectivity index (χ2n) is 8.04. The molecule has 0 unspecified atom stereocenters. The van der Waals surface area contributed by atoms with Crippen LogP contribution in [0, 0.1) is 0 Å². The molecule has 1 atom stereocenters. The first-order valence-electron chi connectivity index (χ1n) is 10.6. The number of anilines is 1. The van der Waals surface area contributed by atoms with Crippen molar-refractivity contribution in [2.45, 2.75) is 12.5 Å². The Labute approximate surface area is 175 Å². The average molecular weight is 408 g/mol. The molecule has 1 saturated heterocycles. The first kappa shape index (κ1) is 18.9. The van der Waals surface area contributed by atoms with Crippen LogP contribution in [0.4, 0.5) is 5.69 Å². The lowest BCUT2D eigenvalue weighted by Crippen LogP contribution is -3.16. The third kappa shape index (κ3) is 3.61. The van der Waals surface area contributed by atoms with Gasteiger partial charge in [0, 0.05) is 12.2 Å². The predicted molar refractivity (Wildman–Crippen MR) is 111 cm³/mol. The maximum Gasteiger partial charge on any atom is 0.282 e. The van der Waals surface area contributed by atoms with Gasteiger partial charge in [0.1, 0.15) is 6.61 Å². The lowest BCUT2D eigenvalue weighted by molar-refractivity contribution is -0.895. The molecule has 3 aliphatic rings. The zero-order valence-corrected chi connectivity index (χ0v) is 16.9. The standard InChI is InChI=1S/C23H25N3O4/c27-22(26-10-9-17-5-1-2-6-18(17)26)15-24-11-13-25(14-12-24)23(28)21-16-29-19-7-3-4-8-20(19)30-21/h1-8,21H,9-16H2/p+1/t21-/m0/s1. The zero-order valence-electron chi connectivity index (χ0n) is 16.9. The van der Waals surface area contributed by atoms with Crippen LogP contribution in [0.25, 0.3) is 0 Å². The first-order valence-corrected chi connectivity index (χ1v) is 10.6. The van der Waals surface area contributed by atoms with Crippen LogP contribution >= 0.6 is 0 Å². The molecule has 156 valence electrons. The number of amides is 2. The number of hydrogen-bond acceptors (Lipinski definition) is 4. The summed E-state index contributed by atoms with van der Waals surface area (Å²) >= 11 is 0. The number of hydrogen-bond donors (Lipinski definition) is 1. The van der Waals surface area contributed by atoms with Gasteiger partial charge in [0.2, 0.25) is 6.10 Å². The van der Waals surface area contributed by atoms with Crippen molar-refractivity contribution in [2.24, 2.45) is 0 Å². The van der Waals surface area contributed by atoms with Crippen LogP contribution in [0.15, 0.2) is 48.5 Å². The SMILES string of the molecule is O=C([C@@H]1COc2ccccc2O1)N1CC[NH+](CC(=O)N2CCc3ccccc32)CC1. The van der Waals surface area contributed by atoms with Crippen LogP contribution in [-0.4, -0.2) is 68.7 Å². The highest BCUT2D eigenvalue weighted by Crippen LogP contribution is 2.31. The van der Waals surface area contributed by atoms with Gasteiger partial charge in [0.05, 0.1) is 26.2 Å². The Balaban J connectivity index is 1.14. The second-order valence-corrected chi connectivity index (χ2v) is 8.04. The quantitative estimate of drug-likeness (QED) is 0.785. The summed E-state index contributed by atoms with van der Waals surface area (Å²) in [4.78, 5) is 30.7. The van der Waals surface area contributed by atoms with Crippen LogP contribution in [-0.2, 0) is 16.0 Å². The Morgan fingerprint density at radius 2 is 1.70 bits per heavy atom. The van der Waals surface area contributed by atoms with Gasteiger partial charge in [-0.3, -0.25) is 9.59 Å². The van der Waals surface area contributed by atoms with Gasteiger partial charge in [-0.25, -0.2) is 0 Å². The molecule has 0 bridgehead atoms. The van der Waals surface area contributed by atoms with Crippen LogP contribution in [0.3, 0.4) is 0 Å². The monoisotopic (exact) mass is 408 g/mol. The van der Waals surface area contributed by atoms with Crippen molar-refractivity contribution in [3.8, 4) is 11.5 Å². The lowest BCUT2D eigenvalue weighted by Gasteiger charge is -2.35. The molecule has 0 spiro atoms. The van der Waals surface area contributed by atoms with E-state index in [4.69, 9.17) is 9.47 Å². The average Bonchev–Trinajstić information content (AvgIpc) is 3.23. The van der Waals surface area contributed by atoms with E-state index < -0.39 is 6.10 Å². The van der Waals surface area contributed by atoms with Crippen molar-refractivity contribution in [3.05, 3.63) is 54.1 Å². The number of quaternary nitrogens is 1. The molecular weight excluding hydrogens is 382 g/mol. The van der Waals surface area contributed by atoms with Crippen molar-refractivity contribution in [2.75, 3.05) is 50.8 Å². The van der Waals surface area contributed by atoms with Crippen molar-refractivity contribution in [1.29, 1.82) is 0 Å². The zero-order chi connectivity index (χ0) is 20.5. The van der Waals surface area contributed by atoms with E-state index >= 15 is 0 Å². The van der Waals surface area contributed by atoms with Gasteiger partial charge in [-0.15, -0.1) is 0 Å². The van der Waals surface area contributed by atoms with Crippen molar-refractivity contribution >= 4 is 17.5 Å². The number of carbonyl (C=O) groups is 2. The molecule has 0 radical (unpaired) electrons. The topological polar surface area (TPSA) is 63.5 Å². The molecule has 0 saturated carbocycles. The number of piperazine rings is 1. The second kappa shape index (κ2) is 7.99. The molecule has 0 aromatic heterocycles. The summed E-state index contributed by atoms with van der Waals surface area (Å²) in [6, 6.07) is 15.5. The minimum absolute atomic E-state index is 0.0386. The van der Waals surface area contributed by atoms with Gasteiger partial charge in [-0.05, 0) is 30.2 Å². The highest BCUT2D eigenvalue weighted by Gasteiger charge is 2.35. The van der Waals surface area contributed by atoms with E-state index in [9.17, 15) is 9.59 Å². The van der Waals surface area contributed by atoms with E-state index in [1.807, 2.05) is 52.3 Å². The molecular formula is C23H26N3O4+. The number of benzene rings is 2. The van der Waals surface area contributed by atoms with Crippen LogP contribution < -0.4 is 19.3 Å². The number of carbonyl (C=O) groups excluding carboxylic acids is 2. The van der Waals surface area contributed by atoms with E-state index in [2.05, 4.69) is 6.07 Å². The van der Waals surface area contributed by atoms with Crippen molar-refractivity contribution in [1.82, 2.24) is 4.90 Å². The van der Waals surface area contributed by atoms with E-state index in [-0.39, 0.29) is 18.4 Å². The highest BCUT2D eigenvalue weighted by molar-refractivity contribution is 5.96. The number of nitrogens with zero attached hydrogens (tertiary/aromatic N) is 2. The van der Waals surface area contributed by atoms with Gasteiger partial charge in [0.15, 0.2) is 18.0 Å². The Morgan fingerprint density at radius 1 is 0.967 bits per heavy atom. The summed E-state index contributed by atoms with van der Waals surface area (Å²) in [6.45, 7) is 4.23. The van der Waals surface area contributed by atoms with E-state index in [0.717, 1.165) is 31.7 Å². The minimum atomic E-state index is -0.607. The summed E-state index contributed by atoms with van der Waals surface area (Å²) in [7, 11) is 0. The number of para-hydroxylation sites is 3. The number of rotatable bonds is 3. The summed E-state index contributed by atoms with van der Waals surface area (Å²) in [6.07, 6.45) is 0.315.